The number of benzene rings is 2. The van der Waals surface area contributed by atoms with Gasteiger partial charge in [0.05, 0.1) is 0 Å². The fourth-order valence-corrected chi connectivity index (χ4v) is 3.89. The van der Waals surface area contributed by atoms with Crippen molar-refractivity contribution in [3.63, 3.8) is 0 Å². The molecule has 30 heavy (non-hydrogen) atoms. The van der Waals surface area contributed by atoms with Gasteiger partial charge in [0.25, 0.3) is 0 Å². The first kappa shape index (κ1) is 21.6. The van der Waals surface area contributed by atoms with Crippen molar-refractivity contribution in [2.75, 3.05) is 0 Å². The topological polar surface area (TPSA) is 0 Å². The van der Waals surface area contributed by atoms with Crippen molar-refractivity contribution in [2.24, 2.45) is 10.8 Å². The van der Waals surface area contributed by atoms with E-state index in [1.807, 2.05) is 13.8 Å². The molecule has 0 spiro atoms. The average molecular weight is 393 g/mol. The first-order valence-corrected chi connectivity index (χ1v) is 10.9. The predicted molar refractivity (Wildman–Crippen MR) is 133 cm³/mol. The summed E-state index contributed by atoms with van der Waals surface area (Å²) in [6, 6.07) is 21.2. The van der Waals surface area contributed by atoms with E-state index < -0.39 is 0 Å². The van der Waals surface area contributed by atoms with Gasteiger partial charge in [0.1, 0.15) is 0 Å². The van der Waals surface area contributed by atoms with E-state index in [9.17, 15) is 0 Å². The van der Waals surface area contributed by atoms with E-state index in [1.165, 1.54) is 22.3 Å². The number of hydrogen-bond acceptors (Lipinski definition) is 0. The largest absolute Gasteiger partial charge is 0.0736 e. The molecule has 2 atom stereocenters. The second kappa shape index (κ2) is 9.59. The minimum absolute atomic E-state index is 0.136. The van der Waals surface area contributed by atoms with Crippen molar-refractivity contribution < 1.29 is 0 Å². The number of rotatable bonds is 3. The van der Waals surface area contributed by atoms with Crippen LogP contribution in [0.15, 0.2) is 121 Å². The molecule has 0 radical (unpaired) electrons. The standard InChI is InChI=1S/C28H26.C2H6/c1-27(20-11-17-25(18-21-27)23-12-5-3-6-13-23)28(2)19-10-9-16-26(22-28)24-14-7-4-8-15-24;1-2/h3-22H,1-2H3;1-2H3. The van der Waals surface area contributed by atoms with Crippen LogP contribution in [0.4, 0.5) is 0 Å². The minimum Gasteiger partial charge on any atom is -0.0736 e. The van der Waals surface area contributed by atoms with Crippen LogP contribution in [0.25, 0.3) is 11.1 Å². The van der Waals surface area contributed by atoms with Crippen LogP contribution in [0, 0.1) is 10.8 Å². The molecule has 0 N–H and O–H groups in total. The summed E-state index contributed by atoms with van der Waals surface area (Å²) in [5, 5.41) is 0. The summed E-state index contributed by atoms with van der Waals surface area (Å²) in [5.74, 6) is 0. The summed E-state index contributed by atoms with van der Waals surface area (Å²) in [5.41, 5.74) is 4.72. The monoisotopic (exact) mass is 392 g/mol. The molecule has 2 aliphatic carbocycles. The Morgan fingerprint density at radius 1 is 0.533 bits per heavy atom. The molecule has 0 nitrogen and oxygen atoms in total. The van der Waals surface area contributed by atoms with E-state index in [4.69, 9.17) is 0 Å². The molecule has 0 bridgehead atoms. The Hall–Kier alpha value is -3.12. The highest BCUT2D eigenvalue weighted by Crippen LogP contribution is 2.48. The molecule has 0 aromatic heterocycles. The van der Waals surface area contributed by atoms with E-state index in [1.54, 1.807) is 0 Å². The first-order chi connectivity index (χ1) is 14.6. The van der Waals surface area contributed by atoms with Crippen LogP contribution in [0.2, 0.25) is 0 Å². The number of allylic oxidation sites excluding steroid dienone is 12. The Labute approximate surface area is 182 Å². The normalized spacial score (nSPS) is 24.8. The van der Waals surface area contributed by atoms with Gasteiger partial charge in [0.2, 0.25) is 0 Å². The Kier molecular flexibility index (Phi) is 6.90. The molecule has 152 valence electrons. The molecule has 0 saturated heterocycles. The third-order valence-electron chi connectivity index (χ3n) is 5.99. The molecular formula is C30H32. The van der Waals surface area contributed by atoms with Gasteiger partial charge in [-0.15, -0.1) is 0 Å². The highest BCUT2D eigenvalue weighted by atomic mass is 14.4. The molecule has 0 amide bonds. The van der Waals surface area contributed by atoms with Crippen LogP contribution in [0.1, 0.15) is 38.8 Å². The lowest BCUT2D eigenvalue weighted by Crippen LogP contribution is -2.31. The minimum atomic E-state index is -0.144. The second-order valence-corrected chi connectivity index (χ2v) is 7.93. The van der Waals surface area contributed by atoms with E-state index in [-0.39, 0.29) is 10.8 Å². The Morgan fingerprint density at radius 2 is 1.10 bits per heavy atom. The van der Waals surface area contributed by atoms with Gasteiger partial charge >= 0.3 is 0 Å². The zero-order valence-electron chi connectivity index (χ0n) is 18.5. The summed E-state index contributed by atoms with van der Waals surface area (Å²) in [4.78, 5) is 0. The van der Waals surface area contributed by atoms with Crippen LogP contribution in [-0.4, -0.2) is 0 Å². The highest BCUT2D eigenvalue weighted by Gasteiger charge is 2.38. The zero-order chi connectivity index (χ0) is 21.5. The van der Waals surface area contributed by atoms with E-state index in [0.29, 0.717) is 0 Å². The van der Waals surface area contributed by atoms with Gasteiger partial charge in [-0.05, 0) is 22.3 Å². The van der Waals surface area contributed by atoms with Gasteiger partial charge in [-0.25, -0.2) is 0 Å². The summed E-state index contributed by atoms with van der Waals surface area (Å²) in [6.07, 6.45) is 22.6. The van der Waals surface area contributed by atoms with Crippen LogP contribution in [0.5, 0.6) is 0 Å². The molecule has 0 heteroatoms. The lowest BCUT2D eigenvalue weighted by molar-refractivity contribution is 0.318. The summed E-state index contributed by atoms with van der Waals surface area (Å²) >= 11 is 0. The third-order valence-corrected chi connectivity index (χ3v) is 5.99. The SMILES string of the molecule is CC.CC1(C2(C)C=CC=CC(c3ccccc3)=C2)C=CC=C(c2ccccc2)C=C1. The predicted octanol–water partition coefficient (Wildman–Crippen LogP) is 8.44. The molecule has 0 saturated carbocycles. The molecule has 2 unspecified atom stereocenters. The molecule has 0 heterocycles. The maximum Gasteiger partial charge on any atom is 0.0168 e. The van der Waals surface area contributed by atoms with Gasteiger partial charge in [0, 0.05) is 10.8 Å². The van der Waals surface area contributed by atoms with Gasteiger partial charge in [-0.1, -0.05) is 149 Å². The lowest BCUT2D eigenvalue weighted by atomic mass is 9.64. The molecule has 4 rings (SSSR count). The Balaban J connectivity index is 0.00000124. The molecule has 0 aliphatic heterocycles. The second-order valence-electron chi connectivity index (χ2n) is 7.93. The zero-order valence-corrected chi connectivity index (χ0v) is 18.5. The summed E-state index contributed by atoms with van der Waals surface area (Å²) in [7, 11) is 0. The van der Waals surface area contributed by atoms with Gasteiger partial charge in [-0.3, -0.25) is 0 Å². The quantitative estimate of drug-likeness (QED) is 0.491. The van der Waals surface area contributed by atoms with Crippen LogP contribution in [0.3, 0.4) is 0 Å². The van der Waals surface area contributed by atoms with E-state index in [2.05, 4.69) is 135 Å². The van der Waals surface area contributed by atoms with Gasteiger partial charge in [0.15, 0.2) is 0 Å². The van der Waals surface area contributed by atoms with E-state index >= 15 is 0 Å². The summed E-state index contributed by atoms with van der Waals surface area (Å²) < 4.78 is 0. The molecule has 2 aliphatic rings. The van der Waals surface area contributed by atoms with Crippen molar-refractivity contribution in [3.8, 4) is 0 Å². The summed E-state index contributed by atoms with van der Waals surface area (Å²) in [6.45, 7) is 8.64. The van der Waals surface area contributed by atoms with Crippen molar-refractivity contribution >= 4 is 11.1 Å². The first-order valence-electron chi connectivity index (χ1n) is 10.9. The smallest absolute Gasteiger partial charge is 0.0168 e. The Bertz CT molecular complexity index is 1010. The van der Waals surface area contributed by atoms with Crippen molar-refractivity contribution in [1.29, 1.82) is 0 Å². The maximum atomic E-state index is 2.41. The van der Waals surface area contributed by atoms with Crippen molar-refractivity contribution in [2.45, 2.75) is 27.7 Å². The van der Waals surface area contributed by atoms with Crippen molar-refractivity contribution in [3.05, 3.63) is 133 Å². The van der Waals surface area contributed by atoms with Gasteiger partial charge < -0.3 is 0 Å². The van der Waals surface area contributed by atoms with Gasteiger partial charge in [-0.2, -0.15) is 0 Å². The number of hydrogen-bond donors (Lipinski definition) is 0. The third kappa shape index (κ3) is 4.54. The molecule has 2 aromatic carbocycles. The fraction of sp³-hybridized carbons (Fsp3) is 0.200. The fourth-order valence-electron chi connectivity index (χ4n) is 3.89. The van der Waals surface area contributed by atoms with E-state index in [0.717, 1.165) is 0 Å². The maximum absolute atomic E-state index is 2.41. The molecule has 2 aromatic rings. The molecular weight excluding hydrogens is 360 g/mol. The lowest BCUT2D eigenvalue weighted by Gasteiger charge is -2.39. The highest BCUT2D eigenvalue weighted by molar-refractivity contribution is 5.78. The van der Waals surface area contributed by atoms with Crippen LogP contribution >= 0.6 is 0 Å². The van der Waals surface area contributed by atoms with Crippen LogP contribution < -0.4 is 0 Å². The Morgan fingerprint density at radius 3 is 1.73 bits per heavy atom. The van der Waals surface area contributed by atoms with Crippen molar-refractivity contribution in [1.82, 2.24) is 0 Å². The average Bonchev–Trinajstić information content (AvgIpc) is 3.14. The molecule has 0 fully saturated rings. The van der Waals surface area contributed by atoms with Crippen LogP contribution in [-0.2, 0) is 0 Å².